The third-order valence-corrected chi connectivity index (χ3v) is 4.93. The molecule has 1 amide bonds. The fourth-order valence-electron chi connectivity index (χ4n) is 3.77. The van der Waals surface area contributed by atoms with Gasteiger partial charge in [-0.2, -0.15) is 0 Å². The predicted octanol–water partition coefficient (Wildman–Crippen LogP) is 1.89. The van der Waals surface area contributed by atoms with Crippen LogP contribution in [0.25, 0.3) is 11.1 Å². The predicted molar refractivity (Wildman–Crippen MR) is 83.5 cm³/mol. The molecule has 0 saturated carbocycles. The molecule has 1 aromatic heterocycles. The van der Waals surface area contributed by atoms with Crippen LogP contribution in [0, 0.1) is 12.8 Å². The Balaban J connectivity index is 1.42. The first-order chi connectivity index (χ1) is 10.7. The molecular weight excluding hydrogens is 278 g/mol. The van der Waals surface area contributed by atoms with Crippen molar-refractivity contribution in [1.29, 1.82) is 0 Å². The second-order valence-electron chi connectivity index (χ2n) is 6.52. The molecule has 4 heterocycles. The number of hydrogen-bond acceptors (Lipinski definition) is 4. The maximum Gasteiger partial charge on any atom is 0.224 e. The number of hydrogen-bond donors (Lipinski definition) is 1. The van der Waals surface area contributed by atoms with Crippen LogP contribution in [0.5, 0.6) is 0 Å². The number of carbonyl (C=O) groups is 1. The number of amides is 1. The highest BCUT2D eigenvalue weighted by Crippen LogP contribution is 2.27. The molecule has 1 aromatic carbocycles. The first kappa shape index (κ1) is 13.8. The number of aromatic nitrogens is 1. The summed E-state index contributed by atoms with van der Waals surface area (Å²) in [5, 5.41) is 3.23. The summed E-state index contributed by atoms with van der Waals surface area (Å²) >= 11 is 0. The lowest BCUT2D eigenvalue weighted by Crippen LogP contribution is -2.57. The number of oxazole rings is 1. The molecule has 0 radical (unpaired) electrons. The zero-order valence-electron chi connectivity index (χ0n) is 12.8. The number of aryl methyl sites for hydroxylation is 1. The number of nitrogens with one attached hydrogen (secondary N) is 1. The van der Waals surface area contributed by atoms with Gasteiger partial charge in [-0.05, 0) is 49.5 Å². The van der Waals surface area contributed by atoms with Gasteiger partial charge in [0.05, 0.1) is 6.42 Å². The van der Waals surface area contributed by atoms with Crippen LogP contribution in [0.1, 0.15) is 24.3 Å². The first-order valence-corrected chi connectivity index (χ1v) is 8.05. The van der Waals surface area contributed by atoms with Crippen molar-refractivity contribution >= 4 is 17.0 Å². The lowest BCUT2D eigenvalue weighted by atomic mass is 9.84. The van der Waals surface area contributed by atoms with E-state index in [0.717, 1.165) is 23.2 Å². The number of rotatable bonds is 3. The molecule has 3 aliphatic heterocycles. The molecule has 5 rings (SSSR count). The maximum atomic E-state index is 12.3. The van der Waals surface area contributed by atoms with Gasteiger partial charge in [0.1, 0.15) is 5.52 Å². The van der Waals surface area contributed by atoms with Crippen molar-refractivity contribution < 1.29 is 9.21 Å². The molecule has 5 heteroatoms. The first-order valence-electron chi connectivity index (χ1n) is 8.05. The minimum Gasteiger partial charge on any atom is -0.441 e. The quantitative estimate of drug-likeness (QED) is 0.940. The molecule has 3 aliphatic rings. The Kier molecular flexibility index (Phi) is 3.37. The molecule has 0 unspecified atom stereocenters. The molecule has 3 fully saturated rings. The molecule has 22 heavy (non-hydrogen) atoms. The van der Waals surface area contributed by atoms with Crippen LogP contribution in [-0.2, 0) is 11.2 Å². The van der Waals surface area contributed by atoms with E-state index in [9.17, 15) is 4.79 Å². The lowest BCUT2D eigenvalue weighted by molar-refractivity contribution is -0.122. The molecule has 1 atom stereocenters. The van der Waals surface area contributed by atoms with Crippen molar-refractivity contribution in [3.05, 3.63) is 29.7 Å². The Bertz CT molecular complexity index is 701. The Morgan fingerprint density at radius 2 is 2.23 bits per heavy atom. The average Bonchev–Trinajstić information content (AvgIpc) is 2.87. The van der Waals surface area contributed by atoms with Gasteiger partial charge in [0.2, 0.25) is 5.91 Å². The van der Waals surface area contributed by atoms with Crippen LogP contribution in [0.3, 0.4) is 0 Å². The minimum absolute atomic E-state index is 0.110. The summed E-state index contributed by atoms with van der Waals surface area (Å²) in [5.74, 6) is 1.43. The third-order valence-electron chi connectivity index (χ3n) is 4.93. The van der Waals surface area contributed by atoms with Gasteiger partial charge in [-0.15, -0.1) is 0 Å². The summed E-state index contributed by atoms with van der Waals surface area (Å²) in [5.41, 5.74) is 2.59. The van der Waals surface area contributed by atoms with Crippen LogP contribution in [0.2, 0.25) is 0 Å². The second kappa shape index (κ2) is 5.39. The van der Waals surface area contributed by atoms with Gasteiger partial charge in [0.15, 0.2) is 11.5 Å². The van der Waals surface area contributed by atoms with E-state index in [-0.39, 0.29) is 5.91 Å². The van der Waals surface area contributed by atoms with Crippen LogP contribution in [0.4, 0.5) is 0 Å². The number of piperidine rings is 3. The van der Waals surface area contributed by atoms with E-state index in [1.165, 1.54) is 25.9 Å². The minimum atomic E-state index is 0.110. The average molecular weight is 299 g/mol. The smallest absolute Gasteiger partial charge is 0.224 e. The van der Waals surface area contributed by atoms with Crippen LogP contribution < -0.4 is 5.32 Å². The summed E-state index contributed by atoms with van der Waals surface area (Å²) in [4.78, 5) is 19.1. The van der Waals surface area contributed by atoms with E-state index in [2.05, 4.69) is 15.2 Å². The maximum absolute atomic E-state index is 12.3. The molecule has 3 saturated heterocycles. The number of carbonyl (C=O) groups excluding carboxylic acids is 1. The Morgan fingerprint density at radius 3 is 2.95 bits per heavy atom. The summed E-state index contributed by atoms with van der Waals surface area (Å²) in [6, 6.07) is 6.12. The fraction of sp³-hybridized carbons (Fsp3) is 0.529. The lowest BCUT2D eigenvalue weighted by Gasteiger charge is -2.44. The molecule has 2 bridgehead atoms. The summed E-state index contributed by atoms with van der Waals surface area (Å²) in [6.45, 7) is 5.23. The van der Waals surface area contributed by atoms with Gasteiger partial charge in [-0.3, -0.25) is 4.79 Å². The highest BCUT2D eigenvalue weighted by Gasteiger charge is 2.34. The largest absolute Gasteiger partial charge is 0.441 e. The third kappa shape index (κ3) is 2.61. The fourth-order valence-corrected chi connectivity index (χ4v) is 3.77. The van der Waals surface area contributed by atoms with Crippen molar-refractivity contribution in [3.8, 4) is 0 Å². The van der Waals surface area contributed by atoms with Gasteiger partial charge < -0.3 is 14.6 Å². The SMILES string of the molecule is Cc1nc2cc(CC(=O)N[C@@H]3CN4CCC3CC4)ccc2o1. The Morgan fingerprint density at radius 1 is 1.41 bits per heavy atom. The highest BCUT2D eigenvalue weighted by molar-refractivity contribution is 5.81. The monoisotopic (exact) mass is 299 g/mol. The van der Waals surface area contributed by atoms with E-state index >= 15 is 0 Å². The van der Waals surface area contributed by atoms with E-state index in [1.54, 1.807) is 0 Å². The molecule has 0 spiro atoms. The highest BCUT2D eigenvalue weighted by atomic mass is 16.3. The molecule has 116 valence electrons. The van der Waals surface area contributed by atoms with Gasteiger partial charge >= 0.3 is 0 Å². The van der Waals surface area contributed by atoms with Crippen LogP contribution in [0.15, 0.2) is 22.6 Å². The number of fused-ring (bicyclic) bond motifs is 4. The van der Waals surface area contributed by atoms with Crippen molar-refractivity contribution in [3.63, 3.8) is 0 Å². The van der Waals surface area contributed by atoms with Gasteiger partial charge in [0, 0.05) is 19.5 Å². The van der Waals surface area contributed by atoms with E-state index in [4.69, 9.17) is 4.42 Å². The second-order valence-corrected chi connectivity index (χ2v) is 6.52. The van der Waals surface area contributed by atoms with E-state index in [1.807, 2.05) is 25.1 Å². The van der Waals surface area contributed by atoms with Crippen LogP contribution >= 0.6 is 0 Å². The zero-order valence-corrected chi connectivity index (χ0v) is 12.8. The van der Waals surface area contributed by atoms with Gasteiger partial charge in [-0.25, -0.2) is 4.98 Å². The van der Waals surface area contributed by atoms with Crippen molar-refractivity contribution in [2.24, 2.45) is 5.92 Å². The van der Waals surface area contributed by atoms with Gasteiger partial charge in [0.25, 0.3) is 0 Å². The van der Waals surface area contributed by atoms with Gasteiger partial charge in [-0.1, -0.05) is 6.07 Å². The molecule has 2 aromatic rings. The summed E-state index contributed by atoms with van der Waals surface area (Å²) < 4.78 is 5.47. The number of benzene rings is 1. The van der Waals surface area contributed by atoms with Crippen molar-refractivity contribution in [2.45, 2.75) is 32.2 Å². The zero-order chi connectivity index (χ0) is 15.1. The molecule has 5 nitrogen and oxygen atoms in total. The van der Waals surface area contributed by atoms with E-state index < -0.39 is 0 Å². The number of nitrogens with zero attached hydrogens (tertiary/aromatic N) is 2. The Labute approximate surface area is 129 Å². The summed E-state index contributed by atoms with van der Waals surface area (Å²) in [6.07, 6.45) is 2.84. The molecular formula is C17H21N3O2. The summed E-state index contributed by atoms with van der Waals surface area (Å²) in [7, 11) is 0. The molecule has 1 N–H and O–H groups in total. The van der Waals surface area contributed by atoms with Crippen molar-refractivity contribution in [1.82, 2.24) is 15.2 Å². The Hall–Kier alpha value is -1.88. The van der Waals surface area contributed by atoms with Crippen molar-refractivity contribution in [2.75, 3.05) is 19.6 Å². The normalized spacial score (nSPS) is 27.2. The van der Waals surface area contributed by atoms with E-state index in [0.29, 0.717) is 24.3 Å². The standard InChI is InChI=1S/C17H21N3O2/c1-11-18-14-8-12(2-3-16(14)22-11)9-17(21)19-15-10-20-6-4-13(15)5-7-20/h2-3,8,13,15H,4-7,9-10H2,1H3,(H,19,21)/t15-/m1/s1. The topological polar surface area (TPSA) is 58.4 Å². The van der Waals surface area contributed by atoms with Crippen LogP contribution in [-0.4, -0.2) is 41.5 Å². The molecule has 0 aliphatic carbocycles.